The van der Waals surface area contributed by atoms with E-state index in [-0.39, 0.29) is 21.2 Å². The fourth-order valence-corrected chi connectivity index (χ4v) is 6.04. The first-order chi connectivity index (χ1) is 17.8. The van der Waals surface area contributed by atoms with Crippen LogP contribution in [0.1, 0.15) is 5.56 Å². The van der Waals surface area contributed by atoms with E-state index in [0.29, 0.717) is 33.3 Å². The largest absolute Gasteiger partial charge is 0.497 e. The maximum absolute atomic E-state index is 13.3. The summed E-state index contributed by atoms with van der Waals surface area (Å²) in [7, 11) is -2.46. The molecule has 0 saturated heterocycles. The number of nitrogens with zero attached hydrogens (tertiary/aromatic N) is 1. The Morgan fingerprint density at radius 1 is 0.919 bits per heavy atom. The average molecular weight is 553 g/mol. The van der Waals surface area contributed by atoms with Crippen LogP contribution < -0.4 is 19.1 Å². The lowest BCUT2D eigenvalue weighted by Crippen LogP contribution is -2.14. The molecule has 1 aromatic heterocycles. The quantitative estimate of drug-likeness (QED) is 0.242. The van der Waals surface area contributed by atoms with Crippen LogP contribution in [-0.2, 0) is 16.6 Å². The van der Waals surface area contributed by atoms with Crippen molar-refractivity contribution in [3.63, 3.8) is 0 Å². The van der Waals surface area contributed by atoms with Crippen molar-refractivity contribution in [1.29, 1.82) is 0 Å². The number of ether oxygens (including phenoxy) is 2. The lowest BCUT2D eigenvalue weighted by Gasteiger charge is -2.14. The van der Waals surface area contributed by atoms with Crippen LogP contribution in [0.4, 0.5) is 5.69 Å². The number of aromatic nitrogens is 1. The van der Waals surface area contributed by atoms with Gasteiger partial charge in [0, 0.05) is 5.02 Å². The zero-order valence-electron chi connectivity index (χ0n) is 19.6. The van der Waals surface area contributed by atoms with Gasteiger partial charge in [-0.3, -0.25) is 14.1 Å². The normalized spacial score (nSPS) is 11.4. The SMILES string of the molecule is COc1ccc(Oc2ccc(Cl)cc2NS(=O)(=O)c2ccc3c(c2)sc(=O)n3Cc2ccccc2)cc1. The summed E-state index contributed by atoms with van der Waals surface area (Å²) in [5.41, 5.74) is 1.83. The number of halogens is 1. The highest BCUT2D eigenvalue weighted by Gasteiger charge is 2.20. The Morgan fingerprint density at radius 2 is 1.65 bits per heavy atom. The van der Waals surface area contributed by atoms with Gasteiger partial charge in [-0.05, 0) is 66.2 Å². The van der Waals surface area contributed by atoms with Gasteiger partial charge in [0.05, 0.1) is 34.5 Å². The lowest BCUT2D eigenvalue weighted by atomic mass is 10.2. The van der Waals surface area contributed by atoms with E-state index in [0.717, 1.165) is 16.9 Å². The predicted molar refractivity (Wildman–Crippen MR) is 147 cm³/mol. The molecule has 0 radical (unpaired) electrons. The summed E-state index contributed by atoms with van der Waals surface area (Å²) in [6.45, 7) is 0.401. The standard InChI is InChI=1S/C27H21ClN2O5S2/c1-34-20-8-10-21(11-9-20)35-25-14-7-19(28)15-23(25)29-37(32,33)22-12-13-24-26(16-22)36-27(31)30(24)17-18-5-3-2-4-6-18/h2-16,29H,17H2,1H3. The molecule has 37 heavy (non-hydrogen) atoms. The zero-order valence-corrected chi connectivity index (χ0v) is 21.9. The van der Waals surface area contributed by atoms with Crippen LogP contribution in [0.25, 0.3) is 10.2 Å². The topological polar surface area (TPSA) is 86.6 Å². The summed E-state index contributed by atoms with van der Waals surface area (Å²) in [5.74, 6) is 1.44. The molecule has 0 unspecified atom stereocenters. The maximum Gasteiger partial charge on any atom is 0.308 e. The van der Waals surface area contributed by atoms with E-state index in [1.807, 2.05) is 30.3 Å². The Labute approximate surface area is 222 Å². The molecule has 0 aliphatic heterocycles. The van der Waals surface area contributed by atoms with E-state index in [4.69, 9.17) is 21.1 Å². The molecule has 1 heterocycles. The van der Waals surface area contributed by atoms with Crippen molar-refractivity contribution < 1.29 is 17.9 Å². The number of fused-ring (bicyclic) bond motifs is 1. The summed E-state index contributed by atoms with van der Waals surface area (Å²) >= 11 is 7.16. The van der Waals surface area contributed by atoms with Crippen LogP contribution in [-0.4, -0.2) is 20.1 Å². The van der Waals surface area contributed by atoms with Crippen LogP contribution in [0.5, 0.6) is 17.2 Å². The summed E-state index contributed by atoms with van der Waals surface area (Å²) < 4.78 is 42.5. The van der Waals surface area contributed by atoms with Crippen LogP contribution >= 0.6 is 22.9 Å². The summed E-state index contributed by atoms with van der Waals surface area (Å²) in [6.07, 6.45) is 0. The van der Waals surface area contributed by atoms with Gasteiger partial charge >= 0.3 is 4.87 Å². The van der Waals surface area contributed by atoms with Crippen molar-refractivity contribution in [2.24, 2.45) is 0 Å². The molecule has 0 amide bonds. The molecule has 0 atom stereocenters. The van der Waals surface area contributed by atoms with E-state index < -0.39 is 10.0 Å². The molecule has 10 heteroatoms. The smallest absolute Gasteiger partial charge is 0.308 e. The number of thiazole rings is 1. The van der Waals surface area contributed by atoms with Gasteiger partial charge in [-0.25, -0.2) is 8.42 Å². The van der Waals surface area contributed by atoms with E-state index in [1.165, 1.54) is 18.2 Å². The molecule has 188 valence electrons. The number of sulfonamides is 1. The molecule has 0 spiro atoms. The third kappa shape index (κ3) is 5.48. The summed E-state index contributed by atoms with van der Waals surface area (Å²) in [6, 6.07) is 25.8. The Bertz CT molecular complexity index is 1730. The molecule has 0 aliphatic rings. The summed E-state index contributed by atoms with van der Waals surface area (Å²) in [4.78, 5) is 12.5. The van der Waals surface area contributed by atoms with Crippen LogP contribution in [0, 0.1) is 0 Å². The van der Waals surface area contributed by atoms with E-state index in [2.05, 4.69) is 4.72 Å². The number of benzene rings is 4. The average Bonchev–Trinajstić information content (AvgIpc) is 3.20. The number of hydrogen-bond acceptors (Lipinski definition) is 6. The van der Waals surface area contributed by atoms with Crippen molar-refractivity contribution in [2.45, 2.75) is 11.4 Å². The highest BCUT2D eigenvalue weighted by Crippen LogP contribution is 2.34. The van der Waals surface area contributed by atoms with Crippen molar-refractivity contribution >= 4 is 48.9 Å². The second-order valence-electron chi connectivity index (χ2n) is 8.09. The molecule has 0 saturated carbocycles. The number of rotatable bonds is 8. The number of nitrogens with one attached hydrogen (secondary N) is 1. The molecule has 1 N–H and O–H groups in total. The van der Waals surface area contributed by atoms with Crippen molar-refractivity contribution in [3.05, 3.63) is 111 Å². The Morgan fingerprint density at radius 3 is 2.38 bits per heavy atom. The van der Waals surface area contributed by atoms with Crippen LogP contribution in [0.2, 0.25) is 5.02 Å². The number of anilines is 1. The third-order valence-corrected chi connectivity index (χ3v) is 8.15. The van der Waals surface area contributed by atoms with E-state index in [1.54, 1.807) is 54.1 Å². The van der Waals surface area contributed by atoms with Gasteiger partial charge in [-0.1, -0.05) is 53.3 Å². The highest BCUT2D eigenvalue weighted by molar-refractivity contribution is 7.92. The minimum atomic E-state index is -4.02. The second kappa shape index (κ2) is 10.3. The number of methoxy groups -OCH3 is 1. The minimum absolute atomic E-state index is 0.0171. The Balaban J connectivity index is 1.44. The zero-order chi connectivity index (χ0) is 26.0. The predicted octanol–water partition coefficient (Wildman–Crippen LogP) is 6.37. The highest BCUT2D eigenvalue weighted by atomic mass is 35.5. The molecule has 5 rings (SSSR count). The third-order valence-electron chi connectivity index (χ3n) is 5.61. The first kappa shape index (κ1) is 24.9. The van der Waals surface area contributed by atoms with Gasteiger partial charge in [-0.15, -0.1) is 0 Å². The molecule has 4 aromatic carbocycles. The van der Waals surface area contributed by atoms with Crippen LogP contribution in [0.3, 0.4) is 0 Å². The van der Waals surface area contributed by atoms with Crippen LogP contribution in [0.15, 0.2) is 101 Å². The van der Waals surface area contributed by atoms with Crippen molar-refractivity contribution in [3.8, 4) is 17.2 Å². The van der Waals surface area contributed by atoms with Crippen molar-refractivity contribution in [1.82, 2.24) is 4.57 Å². The molecule has 0 fully saturated rings. The van der Waals surface area contributed by atoms with E-state index in [9.17, 15) is 13.2 Å². The first-order valence-electron chi connectivity index (χ1n) is 11.1. The van der Waals surface area contributed by atoms with Gasteiger partial charge in [0.2, 0.25) is 0 Å². The molecule has 0 aliphatic carbocycles. The van der Waals surface area contributed by atoms with Gasteiger partial charge in [0.25, 0.3) is 10.0 Å². The minimum Gasteiger partial charge on any atom is -0.497 e. The van der Waals surface area contributed by atoms with Crippen molar-refractivity contribution in [2.75, 3.05) is 11.8 Å². The Hall–Kier alpha value is -3.79. The van der Waals surface area contributed by atoms with Gasteiger partial charge in [0.1, 0.15) is 11.5 Å². The fourth-order valence-electron chi connectivity index (χ4n) is 3.77. The van der Waals surface area contributed by atoms with Gasteiger partial charge in [0.15, 0.2) is 5.75 Å². The van der Waals surface area contributed by atoms with Gasteiger partial charge in [-0.2, -0.15) is 0 Å². The maximum atomic E-state index is 13.3. The fraction of sp³-hybridized carbons (Fsp3) is 0.0741. The van der Waals surface area contributed by atoms with E-state index >= 15 is 0 Å². The van der Waals surface area contributed by atoms with Gasteiger partial charge < -0.3 is 9.47 Å². The number of hydrogen-bond donors (Lipinski definition) is 1. The first-order valence-corrected chi connectivity index (χ1v) is 13.8. The molecule has 7 nitrogen and oxygen atoms in total. The molecular weight excluding hydrogens is 532 g/mol. The molecular formula is C27H21ClN2O5S2. The summed E-state index contributed by atoms with van der Waals surface area (Å²) in [5, 5.41) is 0.339. The second-order valence-corrected chi connectivity index (χ2v) is 11.2. The monoisotopic (exact) mass is 552 g/mol. The molecule has 0 bridgehead atoms. The molecule has 5 aromatic rings. The Kier molecular flexibility index (Phi) is 6.92. The lowest BCUT2D eigenvalue weighted by molar-refractivity contribution is 0.413.